The average molecular weight is 574 g/mol. The number of rotatable bonds is 6. The van der Waals surface area contributed by atoms with E-state index < -0.39 is 29.3 Å². The molecular formula is C29H20FN3O3S3. The number of fused-ring (bicyclic) bond motifs is 1. The van der Waals surface area contributed by atoms with Gasteiger partial charge in [-0.25, -0.2) is 4.39 Å². The molecule has 0 bridgehead atoms. The molecule has 3 aromatic carbocycles. The molecule has 6 nitrogen and oxygen atoms in total. The van der Waals surface area contributed by atoms with Gasteiger partial charge >= 0.3 is 5.91 Å². The minimum Gasteiger partial charge on any atom is -0.507 e. The third kappa shape index (κ3) is 4.64. The normalized spacial score (nSPS) is 16.9. The number of nitrogens with zero attached hydrogens (tertiary/aromatic N) is 3. The topological polar surface area (TPSA) is 83.4 Å². The van der Waals surface area contributed by atoms with Gasteiger partial charge in [-0.3, -0.25) is 14.5 Å². The Labute approximate surface area is 235 Å². The van der Waals surface area contributed by atoms with Gasteiger partial charge in [0.05, 0.1) is 5.57 Å². The first-order valence-electron chi connectivity index (χ1n) is 12.0. The molecule has 2 aromatic heterocycles. The van der Waals surface area contributed by atoms with Gasteiger partial charge in [0, 0.05) is 16.2 Å². The van der Waals surface area contributed by atoms with Crippen LogP contribution < -0.4 is 4.90 Å². The zero-order valence-electron chi connectivity index (χ0n) is 20.5. The highest BCUT2D eigenvalue weighted by Crippen LogP contribution is 2.45. The molecule has 0 unspecified atom stereocenters. The fourth-order valence-electron chi connectivity index (χ4n) is 4.56. The van der Waals surface area contributed by atoms with E-state index >= 15 is 0 Å². The summed E-state index contributed by atoms with van der Waals surface area (Å²) in [6.07, 6.45) is 0. The highest BCUT2D eigenvalue weighted by Gasteiger charge is 2.48. The lowest BCUT2D eigenvalue weighted by Crippen LogP contribution is -2.29. The summed E-state index contributed by atoms with van der Waals surface area (Å²) in [4.78, 5) is 28.5. The van der Waals surface area contributed by atoms with Gasteiger partial charge in [0.1, 0.15) is 17.6 Å². The molecule has 1 aliphatic rings. The Bertz CT molecular complexity index is 1760. The number of hydrogen-bond donors (Lipinski definition) is 1. The van der Waals surface area contributed by atoms with Gasteiger partial charge in [-0.1, -0.05) is 83.8 Å². The summed E-state index contributed by atoms with van der Waals surface area (Å²) in [5.74, 6) is -1.96. The van der Waals surface area contributed by atoms with Crippen LogP contribution >= 0.6 is 34.4 Å². The summed E-state index contributed by atoms with van der Waals surface area (Å²) < 4.78 is 14.9. The van der Waals surface area contributed by atoms with Crippen molar-refractivity contribution in [1.82, 2.24) is 10.2 Å². The second kappa shape index (κ2) is 10.4. The molecule has 1 atom stereocenters. The number of anilines is 1. The summed E-state index contributed by atoms with van der Waals surface area (Å²) in [7, 11) is 0. The fraction of sp³-hybridized carbons (Fsp3) is 0.103. The number of aromatic nitrogens is 2. The molecule has 39 heavy (non-hydrogen) atoms. The number of ketones is 1. The number of aliphatic hydroxyl groups excluding tert-OH is 1. The van der Waals surface area contributed by atoms with Crippen LogP contribution in [-0.4, -0.2) is 27.0 Å². The van der Waals surface area contributed by atoms with Crippen molar-refractivity contribution in [2.24, 2.45) is 0 Å². The van der Waals surface area contributed by atoms with Crippen LogP contribution in [0.15, 0.2) is 88.1 Å². The van der Waals surface area contributed by atoms with Crippen molar-refractivity contribution >= 4 is 67.8 Å². The number of amides is 1. The summed E-state index contributed by atoms with van der Waals surface area (Å²) in [6.45, 7) is 1.61. The molecular weight excluding hydrogens is 554 g/mol. The zero-order valence-corrected chi connectivity index (χ0v) is 22.9. The number of carbonyl (C=O) groups excluding carboxylic acids is 2. The Balaban J connectivity index is 1.35. The summed E-state index contributed by atoms with van der Waals surface area (Å²) in [6, 6.07) is 21.2. The van der Waals surface area contributed by atoms with Crippen LogP contribution in [0.4, 0.5) is 9.52 Å². The SMILES string of the molecule is Cc1ccc(C(O)=C2C(=O)C(=O)N(c3nnc(SCc4cccc5ccccc45)s3)[C@@H]2c2cccs2)cc1F. The third-order valence-corrected chi connectivity index (χ3v) is 9.56. The molecule has 0 saturated carbocycles. The smallest absolute Gasteiger partial charge is 0.301 e. The maximum Gasteiger partial charge on any atom is 0.301 e. The fourth-order valence-corrected chi connectivity index (χ4v) is 7.25. The molecule has 6 rings (SSSR count). The lowest BCUT2D eigenvalue weighted by molar-refractivity contribution is -0.132. The molecule has 10 heteroatoms. The molecule has 194 valence electrons. The summed E-state index contributed by atoms with van der Waals surface area (Å²) >= 11 is 4.05. The zero-order chi connectivity index (χ0) is 27.1. The third-order valence-electron chi connectivity index (χ3n) is 6.54. The first-order chi connectivity index (χ1) is 18.9. The van der Waals surface area contributed by atoms with Crippen LogP contribution in [0, 0.1) is 12.7 Å². The number of benzene rings is 3. The number of aryl methyl sites for hydroxylation is 1. The Morgan fingerprint density at radius 1 is 1.05 bits per heavy atom. The van der Waals surface area contributed by atoms with Gasteiger partial charge in [0.25, 0.3) is 5.78 Å². The standard InChI is InChI=1S/C29H20FN3O3S3/c1-16-11-12-18(14-21(16)30)25(34)23-24(22-10-5-13-37-22)33(27(36)26(23)35)28-31-32-29(39-28)38-15-19-8-4-7-17-6-2-3-9-20(17)19/h2-14,24,34H,15H2,1H3/t24-/m1/s1. The lowest BCUT2D eigenvalue weighted by Gasteiger charge is -2.20. The van der Waals surface area contributed by atoms with E-state index in [4.69, 9.17) is 0 Å². The van der Waals surface area contributed by atoms with Crippen molar-refractivity contribution in [3.8, 4) is 0 Å². The highest BCUT2D eigenvalue weighted by atomic mass is 32.2. The minimum atomic E-state index is -0.904. The molecule has 1 N–H and O–H groups in total. The van der Waals surface area contributed by atoms with E-state index in [1.807, 2.05) is 23.6 Å². The maximum atomic E-state index is 14.3. The predicted octanol–water partition coefficient (Wildman–Crippen LogP) is 7.12. The minimum absolute atomic E-state index is 0.106. The number of Topliss-reactive ketones (excluding diaryl/α,β-unsaturated/α-hetero) is 1. The van der Waals surface area contributed by atoms with Crippen LogP contribution in [0.5, 0.6) is 0 Å². The van der Waals surface area contributed by atoms with Crippen molar-refractivity contribution in [3.05, 3.63) is 111 Å². The monoisotopic (exact) mass is 573 g/mol. The van der Waals surface area contributed by atoms with Crippen LogP contribution in [0.1, 0.15) is 27.6 Å². The number of carbonyl (C=O) groups is 2. The van der Waals surface area contributed by atoms with Crippen molar-refractivity contribution in [2.75, 3.05) is 4.90 Å². The molecule has 3 heterocycles. The number of halogens is 1. The quantitative estimate of drug-likeness (QED) is 0.0766. The van der Waals surface area contributed by atoms with Gasteiger partial charge < -0.3 is 5.11 Å². The van der Waals surface area contributed by atoms with E-state index in [9.17, 15) is 19.1 Å². The Kier molecular flexibility index (Phi) is 6.76. The Morgan fingerprint density at radius 3 is 2.67 bits per heavy atom. The maximum absolute atomic E-state index is 14.3. The first-order valence-corrected chi connectivity index (χ1v) is 14.6. The van der Waals surface area contributed by atoms with E-state index in [-0.39, 0.29) is 16.3 Å². The average Bonchev–Trinajstić information content (AvgIpc) is 3.69. The largest absolute Gasteiger partial charge is 0.507 e. The van der Waals surface area contributed by atoms with Crippen LogP contribution in [0.2, 0.25) is 0 Å². The molecule has 0 aliphatic carbocycles. The summed E-state index contributed by atoms with van der Waals surface area (Å²) in [5, 5.41) is 24.1. The van der Waals surface area contributed by atoms with E-state index in [0.29, 0.717) is 20.5 Å². The Hall–Kier alpha value is -3.86. The first kappa shape index (κ1) is 25.4. The Morgan fingerprint density at radius 2 is 1.87 bits per heavy atom. The molecule has 1 saturated heterocycles. The lowest BCUT2D eigenvalue weighted by atomic mass is 9.99. The van der Waals surface area contributed by atoms with Crippen LogP contribution in [0.3, 0.4) is 0 Å². The molecule has 0 radical (unpaired) electrons. The van der Waals surface area contributed by atoms with Crippen molar-refractivity contribution in [1.29, 1.82) is 0 Å². The van der Waals surface area contributed by atoms with Crippen molar-refractivity contribution in [3.63, 3.8) is 0 Å². The van der Waals surface area contributed by atoms with Gasteiger partial charge in [-0.15, -0.1) is 21.5 Å². The van der Waals surface area contributed by atoms with Crippen LogP contribution in [0.25, 0.3) is 16.5 Å². The molecule has 0 spiro atoms. The van der Waals surface area contributed by atoms with Gasteiger partial charge in [-0.05, 0) is 46.3 Å². The second-order valence-electron chi connectivity index (χ2n) is 8.93. The van der Waals surface area contributed by atoms with Gasteiger partial charge in [0.2, 0.25) is 5.13 Å². The molecule has 5 aromatic rings. The molecule has 1 amide bonds. The van der Waals surface area contributed by atoms with Crippen molar-refractivity contribution < 1.29 is 19.1 Å². The van der Waals surface area contributed by atoms with Crippen molar-refractivity contribution in [2.45, 2.75) is 23.1 Å². The predicted molar refractivity (Wildman–Crippen MR) is 154 cm³/mol. The van der Waals surface area contributed by atoms with Gasteiger partial charge in [0.15, 0.2) is 4.34 Å². The summed E-state index contributed by atoms with van der Waals surface area (Å²) in [5.41, 5.74) is 1.58. The van der Waals surface area contributed by atoms with E-state index in [0.717, 1.165) is 22.4 Å². The van der Waals surface area contributed by atoms with Crippen LogP contribution in [-0.2, 0) is 15.3 Å². The molecule has 1 fully saturated rings. The van der Waals surface area contributed by atoms with E-state index in [2.05, 4.69) is 34.5 Å². The number of thioether (sulfide) groups is 1. The number of thiophene rings is 1. The van der Waals surface area contributed by atoms with Gasteiger partial charge in [-0.2, -0.15) is 0 Å². The molecule has 1 aliphatic heterocycles. The van der Waals surface area contributed by atoms with E-state index in [1.54, 1.807) is 19.1 Å². The van der Waals surface area contributed by atoms with E-state index in [1.165, 1.54) is 51.5 Å². The highest BCUT2D eigenvalue weighted by molar-refractivity contribution is 8.00. The number of aliphatic hydroxyl groups is 1. The number of hydrogen-bond acceptors (Lipinski definition) is 8. The second-order valence-corrected chi connectivity index (χ2v) is 12.1.